The molecular formula is C13H8BrCl3FN. The van der Waals surface area contributed by atoms with Gasteiger partial charge in [-0.25, -0.2) is 4.39 Å². The third kappa shape index (κ3) is 3.76. The lowest BCUT2D eigenvalue weighted by molar-refractivity contribution is 0.627. The lowest BCUT2D eigenvalue weighted by Gasteiger charge is -2.11. The predicted molar refractivity (Wildman–Crippen MR) is 82.9 cm³/mol. The van der Waals surface area contributed by atoms with Crippen LogP contribution in [0.3, 0.4) is 0 Å². The van der Waals surface area contributed by atoms with Gasteiger partial charge in [0, 0.05) is 11.0 Å². The van der Waals surface area contributed by atoms with Gasteiger partial charge in [0.15, 0.2) is 0 Å². The summed E-state index contributed by atoms with van der Waals surface area (Å²) in [6.45, 7) is 0.501. The smallest absolute Gasteiger partial charge is 0.125 e. The van der Waals surface area contributed by atoms with Crippen LogP contribution in [0.1, 0.15) is 5.56 Å². The summed E-state index contributed by atoms with van der Waals surface area (Å²) in [7, 11) is 0. The van der Waals surface area contributed by atoms with Gasteiger partial charge in [0.1, 0.15) is 5.82 Å². The van der Waals surface area contributed by atoms with Crippen LogP contribution >= 0.6 is 50.7 Å². The van der Waals surface area contributed by atoms with Gasteiger partial charge in [-0.2, -0.15) is 0 Å². The molecule has 6 heteroatoms. The van der Waals surface area contributed by atoms with Gasteiger partial charge in [-0.15, -0.1) is 0 Å². The van der Waals surface area contributed by atoms with Gasteiger partial charge >= 0.3 is 0 Å². The highest BCUT2D eigenvalue weighted by Crippen LogP contribution is 2.32. The zero-order valence-electron chi connectivity index (χ0n) is 9.48. The van der Waals surface area contributed by atoms with Crippen molar-refractivity contribution in [1.82, 2.24) is 0 Å². The molecule has 0 unspecified atom stereocenters. The molecule has 100 valence electrons. The van der Waals surface area contributed by atoms with E-state index in [2.05, 4.69) is 21.2 Å². The highest BCUT2D eigenvalue weighted by molar-refractivity contribution is 9.10. The van der Waals surface area contributed by atoms with Gasteiger partial charge in [-0.05, 0) is 45.8 Å². The first kappa shape index (κ1) is 14.9. The highest BCUT2D eigenvalue weighted by atomic mass is 79.9. The fourth-order valence-electron chi connectivity index (χ4n) is 1.55. The third-order valence-electron chi connectivity index (χ3n) is 2.46. The Morgan fingerprint density at radius 1 is 1.00 bits per heavy atom. The predicted octanol–water partition coefficient (Wildman–Crippen LogP) is 6.16. The van der Waals surface area contributed by atoms with E-state index in [0.717, 1.165) is 5.56 Å². The molecule has 0 bridgehead atoms. The molecule has 0 amide bonds. The number of nitrogens with one attached hydrogen (secondary N) is 1. The molecule has 19 heavy (non-hydrogen) atoms. The van der Waals surface area contributed by atoms with Crippen molar-refractivity contribution in [2.45, 2.75) is 6.54 Å². The van der Waals surface area contributed by atoms with E-state index in [0.29, 0.717) is 31.8 Å². The summed E-state index contributed by atoms with van der Waals surface area (Å²) in [6.07, 6.45) is 0. The Labute approximate surface area is 133 Å². The maximum absolute atomic E-state index is 13.1. The van der Waals surface area contributed by atoms with E-state index in [1.54, 1.807) is 12.1 Å². The number of benzene rings is 2. The van der Waals surface area contributed by atoms with Gasteiger partial charge < -0.3 is 5.32 Å². The molecular weight excluding hydrogens is 375 g/mol. The molecule has 0 spiro atoms. The Hall–Kier alpha value is -0.480. The largest absolute Gasteiger partial charge is 0.379 e. The van der Waals surface area contributed by atoms with Gasteiger partial charge in [0.2, 0.25) is 0 Å². The van der Waals surface area contributed by atoms with E-state index in [4.69, 9.17) is 34.8 Å². The van der Waals surface area contributed by atoms with Crippen LogP contribution in [0, 0.1) is 5.82 Å². The summed E-state index contributed by atoms with van der Waals surface area (Å²) >= 11 is 21.0. The van der Waals surface area contributed by atoms with Gasteiger partial charge in [0.25, 0.3) is 0 Å². The first-order chi connectivity index (χ1) is 8.97. The van der Waals surface area contributed by atoms with Crippen molar-refractivity contribution in [2.75, 3.05) is 5.32 Å². The topological polar surface area (TPSA) is 12.0 Å². The quantitative estimate of drug-likeness (QED) is 0.669. The molecule has 0 saturated heterocycles. The number of hydrogen-bond donors (Lipinski definition) is 1. The normalized spacial score (nSPS) is 10.6. The Balaban J connectivity index is 2.16. The van der Waals surface area contributed by atoms with E-state index in [-0.39, 0.29) is 0 Å². The molecule has 2 rings (SSSR count). The van der Waals surface area contributed by atoms with E-state index in [1.165, 1.54) is 12.1 Å². The average Bonchev–Trinajstić information content (AvgIpc) is 2.32. The summed E-state index contributed by atoms with van der Waals surface area (Å²) < 4.78 is 13.7. The van der Waals surface area contributed by atoms with Crippen LogP contribution in [0.4, 0.5) is 10.1 Å². The number of hydrogen-bond acceptors (Lipinski definition) is 1. The van der Waals surface area contributed by atoms with E-state index in [9.17, 15) is 4.39 Å². The standard InChI is InChI=1S/C13H8BrCl3FN/c14-9-4-8(18)5-12(17)13(9)19-6-7-1-2-10(15)11(16)3-7/h1-5,19H,6H2. The van der Waals surface area contributed by atoms with Crippen molar-refractivity contribution in [1.29, 1.82) is 0 Å². The number of halogens is 5. The molecule has 0 aliphatic rings. The summed E-state index contributed by atoms with van der Waals surface area (Å²) in [5, 5.41) is 4.43. The molecule has 0 aliphatic carbocycles. The van der Waals surface area contributed by atoms with Crippen molar-refractivity contribution in [3.63, 3.8) is 0 Å². The Bertz CT molecular complexity index is 596. The average molecular weight is 383 g/mol. The molecule has 0 saturated carbocycles. The zero-order chi connectivity index (χ0) is 14.0. The fraction of sp³-hybridized carbons (Fsp3) is 0.0769. The van der Waals surface area contributed by atoms with Crippen LogP contribution < -0.4 is 5.32 Å². The first-order valence-corrected chi connectivity index (χ1v) is 7.22. The van der Waals surface area contributed by atoms with Crippen molar-refractivity contribution < 1.29 is 4.39 Å². The molecule has 0 aliphatic heterocycles. The lowest BCUT2D eigenvalue weighted by atomic mass is 10.2. The number of anilines is 1. The summed E-state index contributed by atoms with van der Waals surface area (Å²) in [6, 6.07) is 7.95. The summed E-state index contributed by atoms with van der Waals surface area (Å²) in [4.78, 5) is 0. The Morgan fingerprint density at radius 3 is 2.37 bits per heavy atom. The zero-order valence-corrected chi connectivity index (χ0v) is 13.3. The van der Waals surface area contributed by atoms with Gasteiger partial charge in [-0.3, -0.25) is 0 Å². The second kappa shape index (κ2) is 6.31. The lowest BCUT2D eigenvalue weighted by Crippen LogP contribution is -2.01. The second-order valence-corrected chi connectivity index (χ2v) is 5.92. The van der Waals surface area contributed by atoms with Crippen LogP contribution in [-0.2, 0) is 6.54 Å². The van der Waals surface area contributed by atoms with Gasteiger partial charge in [0.05, 0.1) is 20.8 Å². The van der Waals surface area contributed by atoms with Crippen LogP contribution in [0.25, 0.3) is 0 Å². The van der Waals surface area contributed by atoms with Crippen LogP contribution in [0.2, 0.25) is 15.1 Å². The highest BCUT2D eigenvalue weighted by Gasteiger charge is 2.08. The molecule has 0 atom stereocenters. The van der Waals surface area contributed by atoms with Crippen LogP contribution in [0.5, 0.6) is 0 Å². The molecule has 0 heterocycles. The monoisotopic (exact) mass is 381 g/mol. The minimum Gasteiger partial charge on any atom is -0.379 e. The van der Waals surface area contributed by atoms with Crippen molar-refractivity contribution in [2.24, 2.45) is 0 Å². The van der Waals surface area contributed by atoms with Crippen LogP contribution in [-0.4, -0.2) is 0 Å². The molecule has 1 N–H and O–H groups in total. The summed E-state index contributed by atoms with van der Waals surface area (Å²) in [5.41, 5.74) is 1.58. The minimum absolute atomic E-state index is 0.312. The maximum atomic E-state index is 13.1. The van der Waals surface area contributed by atoms with E-state index in [1.807, 2.05) is 6.07 Å². The van der Waals surface area contributed by atoms with Crippen LogP contribution in [0.15, 0.2) is 34.8 Å². The molecule has 0 aromatic heterocycles. The Morgan fingerprint density at radius 2 is 1.74 bits per heavy atom. The van der Waals surface area contributed by atoms with Crippen molar-refractivity contribution >= 4 is 56.4 Å². The second-order valence-electron chi connectivity index (χ2n) is 3.85. The third-order valence-corrected chi connectivity index (χ3v) is 4.12. The maximum Gasteiger partial charge on any atom is 0.125 e. The number of rotatable bonds is 3. The van der Waals surface area contributed by atoms with Crippen molar-refractivity contribution in [3.8, 4) is 0 Å². The molecule has 2 aromatic carbocycles. The summed E-state index contributed by atoms with van der Waals surface area (Å²) in [5.74, 6) is -0.392. The van der Waals surface area contributed by atoms with E-state index < -0.39 is 5.82 Å². The Kier molecular flexibility index (Phi) is 4.96. The fourth-order valence-corrected chi connectivity index (χ4v) is 2.83. The minimum atomic E-state index is -0.392. The SMILES string of the molecule is Fc1cc(Cl)c(NCc2ccc(Cl)c(Cl)c2)c(Br)c1. The molecule has 1 nitrogen and oxygen atoms in total. The van der Waals surface area contributed by atoms with Crippen molar-refractivity contribution in [3.05, 3.63) is 61.3 Å². The van der Waals surface area contributed by atoms with Gasteiger partial charge in [-0.1, -0.05) is 40.9 Å². The molecule has 2 aromatic rings. The van der Waals surface area contributed by atoms with E-state index >= 15 is 0 Å². The molecule has 0 fully saturated rings. The first-order valence-electron chi connectivity index (χ1n) is 5.29. The molecule has 0 radical (unpaired) electrons.